The van der Waals surface area contributed by atoms with Gasteiger partial charge >= 0.3 is 12.1 Å². The van der Waals surface area contributed by atoms with Crippen LogP contribution in [0.25, 0.3) is 0 Å². The molecule has 1 N–H and O–H groups in total. The van der Waals surface area contributed by atoms with Gasteiger partial charge < -0.3 is 14.7 Å². The second-order valence-corrected chi connectivity index (χ2v) is 9.61. The predicted octanol–water partition coefficient (Wildman–Crippen LogP) is 1.92. The Morgan fingerprint density at radius 2 is 1.78 bits per heavy atom. The Labute approximate surface area is 157 Å². The van der Waals surface area contributed by atoms with E-state index in [4.69, 9.17) is 4.74 Å². The van der Waals surface area contributed by atoms with Crippen molar-refractivity contribution in [3.63, 3.8) is 0 Å². The number of nitrogens with zero attached hydrogens (tertiary/aromatic N) is 1. The van der Waals surface area contributed by atoms with Gasteiger partial charge in [0, 0.05) is 13.1 Å². The number of methoxy groups -OCH3 is 1. The number of ether oxygens (including phenoxy) is 1. The summed E-state index contributed by atoms with van der Waals surface area (Å²) in [4.78, 5) is 25.2. The van der Waals surface area contributed by atoms with Gasteiger partial charge in [0.15, 0.2) is 9.84 Å². The number of sulfone groups is 1. The van der Waals surface area contributed by atoms with Crippen LogP contribution in [-0.4, -0.2) is 56.4 Å². The number of carbonyl (C=O) groups is 2. The molecule has 1 aromatic carbocycles. The lowest BCUT2D eigenvalue weighted by molar-refractivity contribution is -0.147. The third kappa shape index (κ3) is 4.07. The zero-order valence-corrected chi connectivity index (χ0v) is 15.7. The van der Waals surface area contributed by atoms with E-state index in [9.17, 15) is 27.5 Å². The second-order valence-electron chi connectivity index (χ2n) is 7.55. The molecule has 0 aromatic heterocycles. The van der Waals surface area contributed by atoms with Gasteiger partial charge in [0.05, 0.1) is 24.0 Å². The van der Waals surface area contributed by atoms with Crippen molar-refractivity contribution in [2.45, 2.75) is 18.6 Å². The predicted molar refractivity (Wildman–Crippen MR) is 94.2 cm³/mol. The lowest BCUT2D eigenvalue weighted by atomic mass is 9.87. The van der Waals surface area contributed by atoms with Crippen LogP contribution in [0.1, 0.15) is 18.4 Å². The number of halogens is 1. The molecule has 7 nitrogen and oxygen atoms in total. The summed E-state index contributed by atoms with van der Waals surface area (Å²) in [5.41, 5.74) is -0.928. The molecule has 1 heterocycles. The van der Waals surface area contributed by atoms with E-state index in [-0.39, 0.29) is 30.4 Å². The molecule has 1 aromatic rings. The topological polar surface area (TPSA) is 101 Å². The third-order valence-electron chi connectivity index (χ3n) is 5.56. The maximum Gasteiger partial charge on any atom is 0.409 e. The lowest BCUT2D eigenvalue weighted by Crippen LogP contribution is -2.39. The zero-order valence-electron chi connectivity index (χ0n) is 14.9. The number of carbonyl (C=O) groups excluding carboxylic acids is 1. The van der Waals surface area contributed by atoms with Gasteiger partial charge in [-0.25, -0.2) is 17.6 Å². The van der Waals surface area contributed by atoms with E-state index in [0.717, 1.165) is 0 Å². The summed E-state index contributed by atoms with van der Waals surface area (Å²) in [6.45, 7) is 0.759. The molecule has 0 unspecified atom stereocenters. The van der Waals surface area contributed by atoms with Crippen LogP contribution >= 0.6 is 0 Å². The average Bonchev–Trinajstić information content (AvgIpc) is 3.12. The maximum atomic E-state index is 13.0. The second kappa shape index (κ2) is 7.10. The van der Waals surface area contributed by atoms with Crippen LogP contribution in [-0.2, 0) is 25.1 Å². The first-order valence-corrected chi connectivity index (χ1v) is 10.5. The number of hydrogen-bond donors (Lipinski definition) is 1. The molecule has 2 atom stereocenters. The molecule has 0 spiro atoms. The number of rotatable bonds is 5. The Kier molecular flexibility index (Phi) is 5.16. The Hall–Kier alpha value is -2.16. The third-order valence-corrected chi connectivity index (χ3v) is 7.33. The van der Waals surface area contributed by atoms with Crippen LogP contribution < -0.4 is 0 Å². The summed E-state index contributed by atoms with van der Waals surface area (Å²) in [6, 6.07) is 5.13. The van der Waals surface area contributed by atoms with E-state index in [0.29, 0.717) is 18.7 Å². The highest BCUT2D eigenvalue weighted by molar-refractivity contribution is 7.90. The number of likely N-dealkylation sites (tertiary alicyclic amines) is 1. The van der Waals surface area contributed by atoms with Crippen LogP contribution in [0.4, 0.5) is 9.18 Å². The monoisotopic (exact) mass is 399 g/mol. The average molecular weight is 399 g/mol. The van der Waals surface area contributed by atoms with Crippen LogP contribution in [0.3, 0.4) is 0 Å². The van der Waals surface area contributed by atoms with E-state index in [1.54, 1.807) is 0 Å². The van der Waals surface area contributed by atoms with Crippen molar-refractivity contribution in [1.82, 2.24) is 4.90 Å². The number of amides is 1. The van der Waals surface area contributed by atoms with Crippen molar-refractivity contribution >= 4 is 21.9 Å². The fourth-order valence-corrected chi connectivity index (χ4v) is 6.43. The molecular formula is C18H22FNO6S. The van der Waals surface area contributed by atoms with Crippen molar-refractivity contribution in [2.75, 3.05) is 26.0 Å². The Morgan fingerprint density at radius 1 is 1.22 bits per heavy atom. The summed E-state index contributed by atoms with van der Waals surface area (Å²) in [5.74, 6) is -2.48. The van der Waals surface area contributed by atoms with E-state index >= 15 is 0 Å². The van der Waals surface area contributed by atoms with Crippen molar-refractivity contribution < 1.29 is 32.2 Å². The molecule has 2 aliphatic rings. The summed E-state index contributed by atoms with van der Waals surface area (Å²) in [6.07, 6.45) is -0.0269. The van der Waals surface area contributed by atoms with Gasteiger partial charge in [0.1, 0.15) is 5.82 Å². The lowest BCUT2D eigenvalue weighted by Gasteiger charge is -2.26. The summed E-state index contributed by atoms with van der Waals surface area (Å²) in [7, 11) is -2.42. The molecule has 27 heavy (non-hydrogen) atoms. The smallest absolute Gasteiger partial charge is 0.409 e. The minimum atomic E-state index is -3.71. The minimum absolute atomic E-state index is 0.0544. The SMILES string of the molecule is COC(=O)N1C[C@H]2CC(CS(=O)(=O)Cc3ccc(F)cc3)(C(=O)O)C[C@@H]2C1. The fraction of sp³-hybridized carbons (Fsp3) is 0.556. The van der Waals surface area contributed by atoms with Crippen molar-refractivity contribution in [3.8, 4) is 0 Å². The molecule has 1 saturated heterocycles. The molecule has 1 saturated carbocycles. The first-order valence-electron chi connectivity index (χ1n) is 8.65. The fourth-order valence-electron chi connectivity index (χ4n) is 4.43. The number of fused-ring (bicyclic) bond motifs is 1. The van der Waals surface area contributed by atoms with Gasteiger partial charge in [-0.3, -0.25) is 4.79 Å². The van der Waals surface area contributed by atoms with Crippen molar-refractivity contribution in [1.29, 1.82) is 0 Å². The highest BCUT2D eigenvalue weighted by Crippen LogP contribution is 2.50. The van der Waals surface area contributed by atoms with Gasteiger partial charge in [-0.05, 0) is 42.4 Å². The van der Waals surface area contributed by atoms with Crippen molar-refractivity contribution in [2.24, 2.45) is 17.3 Å². The number of carboxylic acids is 1. The van der Waals surface area contributed by atoms with Crippen LogP contribution in [0.15, 0.2) is 24.3 Å². The Bertz CT molecular complexity index is 824. The normalized spacial score (nSPS) is 23.9. The number of carboxylic acid groups (broad SMARTS) is 1. The molecule has 1 aliphatic carbocycles. The molecule has 1 amide bonds. The Balaban J connectivity index is 1.73. The van der Waals surface area contributed by atoms with E-state index < -0.39 is 38.9 Å². The van der Waals surface area contributed by atoms with Crippen LogP contribution in [0.2, 0.25) is 0 Å². The largest absolute Gasteiger partial charge is 0.481 e. The van der Waals surface area contributed by atoms with Gasteiger partial charge in [0.25, 0.3) is 0 Å². The number of aliphatic carboxylic acids is 1. The number of hydrogen-bond acceptors (Lipinski definition) is 5. The van der Waals surface area contributed by atoms with Gasteiger partial charge in [0.2, 0.25) is 0 Å². The highest BCUT2D eigenvalue weighted by Gasteiger charge is 2.55. The van der Waals surface area contributed by atoms with E-state index in [1.165, 1.54) is 36.3 Å². The quantitative estimate of drug-likeness (QED) is 0.812. The molecule has 0 bridgehead atoms. The molecule has 2 fully saturated rings. The Morgan fingerprint density at radius 3 is 2.26 bits per heavy atom. The molecule has 0 radical (unpaired) electrons. The molecule has 3 rings (SSSR count). The summed E-state index contributed by atoms with van der Waals surface area (Å²) in [5, 5.41) is 9.79. The van der Waals surface area contributed by atoms with Gasteiger partial charge in [-0.1, -0.05) is 12.1 Å². The highest BCUT2D eigenvalue weighted by atomic mass is 32.2. The summed E-state index contributed by atoms with van der Waals surface area (Å²) < 4.78 is 43.0. The molecule has 148 valence electrons. The van der Waals surface area contributed by atoms with Crippen LogP contribution in [0.5, 0.6) is 0 Å². The van der Waals surface area contributed by atoms with E-state index in [1.807, 2.05) is 0 Å². The first kappa shape index (κ1) is 19.6. The van der Waals surface area contributed by atoms with Gasteiger partial charge in [-0.15, -0.1) is 0 Å². The zero-order chi connectivity index (χ0) is 19.8. The number of benzene rings is 1. The molecule has 1 aliphatic heterocycles. The van der Waals surface area contributed by atoms with Crippen molar-refractivity contribution in [3.05, 3.63) is 35.6 Å². The molecule has 9 heteroatoms. The maximum absolute atomic E-state index is 13.0. The van der Waals surface area contributed by atoms with Crippen LogP contribution in [0, 0.1) is 23.1 Å². The molecular weight excluding hydrogens is 377 g/mol. The van der Waals surface area contributed by atoms with Gasteiger partial charge in [-0.2, -0.15) is 0 Å². The standard InChI is InChI=1S/C18H22FNO6S/c1-26-17(23)20-8-13-6-18(16(21)22,7-14(13)9-20)11-27(24,25)10-12-2-4-15(19)5-3-12/h2-5,13-14H,6-11H2,1H3,(H,21,22)/t13-,14-/m1/s1. The van der Waals surface area contributed by atoms with E-state index in [2.05, 4.69) is 0 Å². The minimum Gasteiger partial charge on any atom is -0.481 e. The summed E-state index contributed by atoms with van der Waals surface area (Å²) >= 11 is 0. The first-order chi connectivity index (χ1) is 12.6.